The van der Waals surface area contributed by atoms with E-state index >= 15 is 0 Å². The average Bonchev–Trinajstić information content (AvgIpc) is 3.02. The van der Waals surface area contributed by atoms with Crippen LogP contribution in [0.2, 0.25) is 0 Å². The van der Waals surface area contributed by atoms with E-state index in [-0.39, 0.29) is 6.61 Å². The Bertz CT molecular complexity index is 651. The minimum Gasteiger partial charge on any atom is -0.390 e. The number of aliphatic hydroxyl groups excluding tert-OH is 1. The molecular formula is C11H12N4OS. The fraction of sp³-hybridized carbons (Fsp3) is 0.273. The van der Waals surface area contributed by atoms with Gasteiger partial charge in [-0.3, -0.25) is 8.97 Å². The highest BCUT2D eigenvalue weighted by molar-refractivity contribution is 7.15. The summed E-state index contributed by atoms with van der Waals surface area (Å²) in [6, 6.07) is 0. The lowest BCUT2D eigenvalue weighted by atomic mass is 10.4. The summed E-state index contributed by atoms with van der Waals surface area (Å²) in [7, 11) is 0. The number of aryl methyl sites for hydroxylation is 1. The van der Waals surface area contributed by atoms with E-state index in [0.717, 1.165) is 28.7 Å². The van der Waals surface area contributed by atoms with Gasteiger partial charge in [0.1, 0.15) is 5.82 Å². The van der Waals surface area contributed by atoms with Gasteiger partial charge in [-0.25, -0.2) is 9.97 Å². The van der Waals surface area contributed by atoms with Crippen molar-refractivity contribution in [1.82, 2.24) is 18.9 Å². The van der Waals surface area contributed by atoms with Gasteiger partial charge in [-0.05, 0) is 0 Å². The highest BCUT2D eigenvalue weighted by atomic mass is 32.1. The molecule has 0 unspecified atom stereocenters. The Hall–Kier alpha value is -1.66. The molecule has 3 aromatic rings. The van der Waals surface area contributed by atoms with E-state index in [9.17, 15) is 5.11 Å². The molecule has 3 rings (SSSR count). The molecule has 0 fully saturated rings. The lowest BCUT2D eigenvalue weighted by Gasteiger charge is -2.04. The van der Waals surface area contributed by atoms with Crippen molar-refractivity contribution < 1.29 is 5.11 Å². The van der Waals surface area contributed by atoms with Gasteiger partial charge in [0.05, 0.1) is 12.3 Å². The standard InChI is InChI=1S/C11H12N4OS/c1-2-9-12-3-4-15(9)10-8(7-16)14-5-6-17-11(14)13-10/h3-6,16H,2,7H2,1H3. The molecule has 3 heterocycles. The van der Waals surface area contributed by atoms with Gasteiger partial charge in [0.25, 0.3) is 0 Å². The van der Waals surface area contributed by atoms with Gasteiger partial charge in [-0.15, -0.1) is 11.3 Å². The Morgan fingerprint density at radius 2 is 2.29 bits per heavy atom. The number of imidazole rings is 2. The number of fused-ring (bicyclic) bond motifs is 1. The van der Waals surface area contributed by atoms with Crippen LogP contribution in [0, 0.1) is 0 Å². The second kappa shape index (κ2) is 3.97. The molecule has 0 bridgehead atoms. The quantitative estimate of drug-likeness (QED) is 0.766. The largest absolute Gasteiger partial charge is 0.390 e. The Morgan fingerprint density at radius 3 is 3.06 bits per heavy atom. The van der Waals surface area contributed by atoms with Crippen molar-refractivity contribution in [3.63, 3.8) is 0 Å². The first-order valence-electron chi connectivity index (χ1n) is 5.43. The maximum Gasteiger partial charge on any atom is 0.195 e. The van der Waals surface area contributed by atoms with Crippen molar-refractivity contribution in [3.05, 3.63) is 35.5 Å². The summed E-state index contributed by atoms with van der Waals surface area (Å²) in [5, 5.41) is 11.5. The fourth-order valence-corrected chi connectivity index (χ4v) is 2.68. The summed E-state index contributed by atoms with van der Waals surface area (Å²) in [6.07, 6.45) is 6.39. The second-order valence-corrected chi connectivity index (χ2v) is 4.54. The number of rotatable bonds is 3. The van der Waals surface area contributed by atoms with Crippen LogP contribution in [0.15, 0.2) is 24.0 Å². The van der Waals surface area contributed by atoms with E-state index in [2.05, 4.69) is 16.9 Å². The molecule has 6 heteroatoms. The zero-order valence-electron chi connectivity index (χ0n) is 9.37. The fourth-order valence-electron chi connectivity index (χ4n) is 1.95. The summed E-state index contributed by atoms with van der Waals surface area (Å²) in [5.74, 6) is 1.72. The molecule has 3 aromatic heterocycles. The van der Waals surface area contributed by atoms with Crippen LogP contribution < -0.4 is 0 Å². The van der Waals surface area contributed by atoms with Crippen LogP contribution in [0.3, 0.4) is 0 Å². The number of hydrogen-bond acceptors (Lipinski definition) is 4. The van der Waals surface area contributed by atoms with Crippen molar-refractivity contribution in [2.45, 2.75) is 20.0 Å². The highest BCUT2D eigenvalue weighted by Gasteiger charge is 2.15. The summed E-state index contributed by atoms with van der Waals surface area (Å²) in [5.41, 5.74) is 0.800. The van der Waals surface area contributed by atoms with E-state index in [1.807, 2.05) is 26.7 Å². The number of nitrogens with zero attached hydrogens (tertiary/aromatic N) is 4. The van der Waals surface area contributed by atoms with Crippen molar-refractivity contribution in [2.24, 2.45) is 0 Å². The molecule has 0 aliphatic heterocycles. The Labute approximate surface area is 102 Å². The Kier molecular flexibility index (Phi) is 2.45. The van der Waals surface area contributed by atoms with Gasteiger partial charge < -0.3 is 5.11 Å². The van der Waals surface area contributed by atoms with Crippen LogP contribution in [-0.4, -0.2) is 24.0 Å². The van der Waals surface area contributed by atoms with Gasteiger partial charge in [-0.1, -0.05) is 6.92 Å². The van der Waals surface area contributed by atoms with Gasteiger partial charge in [0, 0.05) is 30.4 Å². The summed E-state index contributed by atoms with van der Waals surface area (Å²) < 4.78 is 3.85. The third kappa shape index (κ3) is 1.49. The molecule has 0 saturated heterocycles. The van der Waals surface area contributed by atoms with Gasteiger partial charge in [-0.2, -0.15) is 0 Å². The summed E-state index contributed by atoms with van der Waals surface area (Å²) in [4.78, 5) is 9.70. The van der Waals surface area contributed by atoms with Crippen LogP contribution in [0.4, 0.5) is 0 Å². The molecule has 0 radical (unpaired) electrons. The molecule has 17 heavy (non-hydrogen) atoms. The van der Waals surface area contributed by atoms with Gasteiger partial charge >= 0.3 is 0 Å². The molecule has 0 aromatic carbocycles. The molecule has 88 valence electrons. The van der Waals surface area contributed by atoms with Crippen LogP contribution in [-0.2, 0) is 13.0 Å². The van der Waals surface area contributed by atoms with E-state index < -0.39 is 0 Å². The van der Waals surface area contributed by atoms with E-state index in [1.54, 1.807) is 17.5 Å². The molecule has 0 aliphatic carbocycles. The molecule has 0 amide bonds. The van der Waals surface area contributed by atoms with Crippen LogP contribution in [0.5, 0.6) is 0 Å². The number of aliphatic hydroxyl groups is 1. The zero-order valence-corrected chi connectivity index (χ0v) is 10.2. The molecule has 1 N–H and O–H groups in total. The van der Waals surface area contributed by atoms with E-state index in [0.29, 0.717) is 0 Å². The normalized spacial score (nSPS) is 11.4. The highest BCUT2D eigenvalue weighted by Crippen LogP contribution is 2.21. The SMILES string of the molecule is CCc1nccn1-c1nc2sccn2c1CO. The first kappa shape index (κ1) is 10.5. The van der Waals surface area contributed by atoms with Crippen molar-refractivity contribution in [2.75, 3.05) is 0 Å². The third-order valence-corrected chi connectivity index (χ3v) is 3.51. The first-order valence-corrected chi connectivity index (χ1v) is 6.31. The topological polar surface area (TPSA) is 55.4 Å². The predicted molar refractivity (Wildman–Crippen MR) is 65.5 cm³/mol. The molecule has 0 atom stereocenters. The lowest BCUT2D eigenvalue weighted by molar-refractivity contribution is 0.275. The maximum atomic E-state index is 9.50. The maximum absolute atomic E-state index is 9.50. The second-order valence-electron chi connectivity index (χ2n) is 3.66. The molecule has 0 saturated carbocycles. The zero-order chi connectivity index (χ0) is 11.8. The Morgan fingerprint density at radius 1 is 1.41 bits per heavy atom. The molecule has 5 nitrogen and oxygen atoms in total. The monoisotopic (exact) mass is 248 g/mol. The summed E-state index contributed by atoms with van der Waals surface area (Å²) in [6.45, 7) is 2.02. The smallest absolute Gasteiger partial charge is 0.195 e. The number of thiazole rings is 1. The molecular weight excluding hydrogens is 236 g/mol. The van der Waals surface area contributed by atoms with Crippen LogP contribution in [0.25, 0.3) is 10.8 Å². The van der Waals surface area contributed by atoms with Crippen molar-refractivity contribution >= 4 is 16.3 Å². The van der Waals surface area contributed by atoms with Gasteiger partial charge in [0.15, 0.2) is 10.8 Å². The lowest BCUT2D eigenvalue weighted by Crippen LogP contribution is -2.03. The van der Waals surface area contributed by atoms with Crippen LogP contribution >= 0.6 is 11.3 Å². The summed E-state index contributed by atoms with van der Waals surface area (Å²) >= 11 is 1.56. The molecule has 0 spiro atoms. The minimum atomic E-state index is -0.0332. The van der Waals surface area contributed by atoms with Crippen molar-refractivity contribution in [3.8, 4) is 5.82 Å². The van der Waals surface area contributed by atoms with E-state index in [4.69, 9.17) is 0 Å². The number of hydrogen-bond donors (Lipinski definition) is 1. The molecule has 0 aliphatic rings. The first-order chi connectivity index (χ1) is 8.35. The van der Waals surface area contributed by atoms with Crippen molar-refractivity contribution in [1.29, 1.82) is 0 Å². The Balaban J connectivity index is 2.26. The van der Waals surface area contributed by atoms with Gasteiger partial charge in [0.2, 0.25) is 0 Å². The van der Waals surface area contributed by atoms with Crippen LogP contribution in [0.1, 0.15) is 18.4 Å². The minimum absolute atomic E-state index is 0.0332. The number of aromatic nitrogens is 4. The average molecular weight is 248 g/mol. The third-order valence-electron chi connectivity index (χ3n) is 2.75. The predicted octanol–water partition coefficient (Wildman–Crippen LogP) is 1.64. The van der Waals surface area contributed by atoms with E-state index in [1.165, 1.54) is 0 Å².